The van der Waals surface area contributed by atoms with Gasteiger partial charge in [-0.1, -0.05) is 45.1 Å². The number of hydrogen-bond acceptors (Lipinski definition) is 8. The molecule has 0 spiro atoms. The van der Waals surface area contributed by atoms with Crippen LogP contribution in [0.1, 0.15) is 38.1 Å². The molecule has 4 rings (SSSR count). The lowest BCUT2D eigenvalue weighted by Gasteiger charge is -2.34. The highest BCUT2D eigenvalue weighted by Crippen LogP contribution is 2.34. The van der Waals surface area contributed by atoms with E-state index in [2.05, 4.69) is 21.2 Å². The summed E-state index contributed by atoms with van der Waals surface area (Å²) >= 11 is 1.68. The van der Waals surface area contributed by atoms with Gasteiger partial charge >= 0.3 is 0 Å². The summed E-state index contributed by atoms with van der Waals surface area (Å²) in [5.74, 6) is 1.04. The van der Waals surface area contributed by atoms with Crippen molar-refractivity contribution in [1.82, 2.24) is 19.5 Å². The van der Waals surface area contributed by atoms with Gasteiger partial charge in [0.1, 0.15) is 11.3 Å². The van der Waals surface area contributed by atoms with E-state index in [1.54, 1.807) is 34.9 Å². The molecule has 1 aliphatic rings. The summed E-state index contributed by atoms with van der Waals surface area (Å²) < 4.78 is 34.6. The van der Waals surface area contributed by atoms with Gasteiger partial charge in [0.15, 0.2) is 5.13 Å². The maximum absolute atomic E-state index is 13.2. The molecule has 1 aliphatic heterocycles. The average molecular weight is 588 g/mol. The van der Waals surface area contributed by atoms with Crippen molar-refractivity contribution in [3.05, 3.63) is 48.0 Å². The Bertz CT molecular complexity index is 1370. The van der Waals surface area contributed by atoms with E-state index in [0.29, 0.717) is 25.2 Å². The van der Waals surface area contributed by atoms with Crippen LogP contribution in [0.3, 0.4) is 0 Å². The minimum Gasteiger partial charge on any atom is -0.494 e. The topological polar surface area (TPSA) is 95.1 Å². The molecule has 1 amide bonds. The molecule has 1 aromatic heterocycles. The van der Waals surface area contributed by atoms with Gasteiger partial charge in [0, 0.05) is 57.9 Å². The van der Waals surface area contributed by atoms with Crippen LogP contribution < -0.4 is 15.0 Å². The molecule has 0 atom stereocenters. The normalized spacial score (nSPS) is 14.9. The molecule has 218 valence electrons. The summed E-state index contributed by atoms with van der Waals surface area (Å²) in [6.07, 6.45) is 0. The third kappa shape index (κ3) is 7.31. The second kappa shape index (κ2) is 13.3. The zero-order valence-electron chi connectivity index (χ0n) is 24.1. The molecule has 1 saturated heterocycles. The summed E-state index contributed by atoms with van der Waals surface area (Å²) in [4.78, 5) is 22.4. The standard InChI is InChI=1S/C29H41N5O4S2/c1-21(2)19-34(20-22(3)4)40(36,37)24-11-9-23(10-12-24)28(35)30-13-14-32-15-17-33(18-16-32)29-31-27-25(38-5)7-6-8-26(27)39-29/h6-12,21-22H,13-20H2,1-5H3,(H,30,35). The van der Waals surface area contributed by atoms with E-state index in [0.717, 1.165) is 53.8 Å². The number of sulfonamides is 1. The lowest BCUT2D eigenvalue weighted by molar-refractivity contribution is 0.0947. The number of hydrogen-bond donors (Lipinski definition) is 1. The van der Waals surface area contributed by atoms with Crippen molar-refractivity contribution in [3.63, 3.8) is 0 Å². The number of fused-ring (bicyclic) bond motifs is 1. The molecule has 2 heterocycles. The second-order valence-electron chi connectivity index (χ2n) is 11.0. The van der Waals surface area contributed by atoms with Crippen molar-refractivity contribution in [1.29, 1.82) is 0 Å². The van der Waals surface area contributed by atoms with Crippen molar-refractivity contribution in [2.75, 3.05) is 64.4 Å². The molecule has 11 heteroatoms. The number of nitrogens with zero attached hydrogens (tertiary/aromatic N) is 4. The second-order valence-corrected chi connectivity index (χ2v) is 14.0. The first-order chi connectivity index (χ1) is 19.1. The molecule has 9 nitrogen and oxygen atoms in total. The number of methoxy groups -OCH3 is 1. The summed E-state index contributed by atoms with van der Waals surface area (Å²) in [6.45, 7) is 13.8. The summed E-state index contributed by atoms with van der Waals surface area (Å²) in [6, 6.07) is 12.3. The minimum absolute atomic E-state index is 0.202. The number of thiazole rings is 1. The van der Waals surface area contributed by atoms with Gasteiger partial charge < -0.3 is 15.0 Å². The van der Waals surface area contributed by atoms with Crippen LogP contribution in [0.15, 0.2) is 47.4 Å². The van der Waals surface area contributed by atoms with E-state index in [9.17, 15) is 13.2 Å². The van der Waals surface area contributed by atoms with Crippen LogP contribution in [-0.4, -0.2) is 88.0 Å². The molecule has 3 aromatic rings. The Hall–Kier alpha value is -2.73. The highest BCUT2D eigenvalue weighted by atomic mass is 32.2. The molecular formula is C29H41N5O4S2. The number of carbonyl (C=O) groups excluding carboxylic acids is 1. The molecule has 0 bridgehead atoms. The lowest BCUT2D eigenvalue weighted by Crippen LogP contribution is -2.48. The van der Waals surface area contributed by atoms with Crippen LogP contribution in [0.5, 0.6) is 5.75 Å². The average Bonchev–Trinajstić information content (AvgIpc) is 3.37. The third-order valence-electron chi connectivity index (χ3n) is 6.84. The first-order valence-electron chi connectivity index (χ1n) is 13.9. The van der Waals surface area contributed by atoms with Crippen molar-refractivity contribution < 1.29 is 17.9 Å². The number of piperazine rings is 1. The molecular weight excluding hydrogens is 546 g/mol. The van der Waals surface area contributed by atoms with Crippen LogP contribution in [0, 0.1) is 11.8 Å². The SMILES string of the molecule is COc1cccc2sc(N3CCN(CCNC(=O)c4ccc(S(=O)(=O)N(CC(C)C)CC(C)C)cc4)CC3)nc12. The molecule has 1 fully saturated rings. The van der Waals surface area contributed by atoms with Crippen LogP contribution >= 0.6 is 11.3 Å². The fourth-order valence-corrected chi connectivity index (χ4v) is 7.62. The van der Waals surface area contributed by atoms with Gasteiger partial charge in [0.2, 0.25) is 10.0 Å². The van der Waals surface area contributed by atoms with Gasteiger partial charge in [-0.2, -0.15) is 4.31 Å². The smallest absolute Gasteiger partial charge is 0.251 e. The van der Waals surface area contributed by atoms with Gasteiger partial charge in [0.05, 0.1) is 16.7 Å². The predicted molar refractivity (Wildman–Crippen MR) is 162 cm³/mol. The van der Waals surface area contributed by atoms with E-state index in [1.165, 1.54) is 12.1 Å². The lowest BCUT2D eigenvalue weighted by atomic mass is 10.2. The number of anilines is 1. The van der Waals surface area contributed by atoms with Crippen LogP contribution in [-0.2, 0) is 10.0 Å². The maximum Gasteiger partial charge on any atom is 0.251 e. The highest BCUT2D eigenvalue weighted by Gasteiger charge is 2.26. The van der Waals surface area contributed by atoms with Gasteiger partial charge in [-0.3, -0.25) is 9.69 Å². The van der Waals surface area contributed by atoms with E-state index >= 15 is 0 Å². The molecule has 40 heavy (non-hydrogen) atoms. The Morgan fingerprint density at radius 1 is 1.02 bits per heavy atom. The maximum atomic E-state index is 13.2. The number of ether oxygens (including phenoxy) is 1. The fourth-order valence-electron chi connectivity index (χ4n) is 4.82. The zero-order chi connectivity index (χ0) is 28.9. The van der Waals surface area contributed by atoms with Crippen LogP contribution in [0.4, 0.5) is 5.13 Å². The Balaban J connectivity index is 1.26. The number of aromatic nitrogens is 1. The molecule has 1 N–H and O–H groups in total. The van der Waals surface area contributed by atoms with Gasteiger partial charge in [-0.05, 0) is 48.2 Å². The predicted octanol–water partition coefficient (Wildman–Crippen LogP) is 4.16. The van der Waals surface area contributed by atoms with E-state index in [-0.39, 0.29) is 22.6 Å². The van der Waals surface area contributed by atoms with Crippen LogP contribution in [0.25, 0.3) is 10.2 Å². The molecule has 0 aliphatic carbocycles. The largest absolute Gasteiger partial charge is 0.494 e. The quantitative estimate of drug-likeness (QED) is 0.340. The number of rotatable bonds is 12. The Kier molecular flexibility index (Phi) is 10.0. The van der Waals surface area contributed by atoms with E-state index < -0.39 is 10.0 Å². The number of carbonyl (C=O) groups is 1. The van der Waals surface area contributed by atoms with Crippen LogP contribution in [0.2, 0.25) is 0 Å². The molecule has 0 unspecified atom stereocenters. The zero-order valence-corrected chi connectivity index (χ0v) is 25.7. The van der Waals surface area contributed by atoms with E-state index in [4.69, 9.17) is 9.72 Å². The van der Waals surface area contributed by atoms with Gasteiger partial charge in [-0.15, -0.1) is 0 Å². The summed E-state index contributed by atoms with van der Waals surface area (Å²) in [5, 5.41) is 3.98. The number of nitrogens with one attached hydrogen (secondary N) is 1. The van der Waals surface area contributed by atoms with Crippen molar-refractivity contribution in [2.45, 2.75) is 32.6 Å². The first-order valence-corrected chi connectivity index (χ1v) is 16.1. The van der Waals surface area contributed by atoms with Gasteiger partial charge in [0.25, 0.3) is 5.91 Å². The summed E-state index contributed by atoms with van der Waals surface area (Å²) in [5.41, 5.74) is 1.36. The molecule has 0 radical (unpaired) electrons. The highest BCUT2D eigenvalue weighted by molar-refractivity contribution is 7.89. The monoisotopic (exact) mass is 587 g/mol. The molecule has 0 saturated carbocycles. The molecule has 2 aromatic carbocycles. The fraction of sp³-hybridized carbons (Fsp3) is 0.517. The number of amides is 1. The Morgan fingerprint density at radius 2 is 1.68 bits per heavy atom. The van der Waals surface area contributed by atoms with Crippen molar-refractivity contribution >= 4 is 42.6 Å². The Labute approximate surface area is 242 Å². The number of para-hydroxylation sites is 1. The van der Waals surface area contributed by atoms with Crippen molar-refractivity contribution in [3.8, 4) is 5.75 Å². The van der Waals surface area contributed by atoms with Gasteiger partial charge in [-0.25, -0.2) is 13.4 Å². The van der Waals surface area contributed by atoms with Crippen molar-refractivity contribution in [2.24, 2.45) is 11.8 Å². The Morgan fingerprint density at radius 3 is 2.27 bits per heavy atom. The minimum atomic E-state index is -3.62. The first kappa shape index (κ1) is 30.2. The van der Waals surface area contributed by atoms with E-state index in [1.807, 2.05) is 39.8 Å². The number of benzene rings is 2. The third-order valence-corrected chi connectivity index (χ3v) is 9.77. The summed E-state index contributed by atoms with van der Waals surface area (Å²) in [7, 11) is -1.95.